The number of nitrogens with two attached hydrogens (primary N) is 1. The second-order valence-electron chi connectivity index (χ2n) is 5.78. The lowest BCUT2D eigenvalue weighted by atomic mass is 10.2. The highest BCUT2D eigenvalue weighted by atomic mass is 32.2. The highest BCUT2D eigenvalue weighted by Gasteiger charge is 2.24. The van der Waals surface area contributed by atoms with E-state index in [2.05, 4.69) is 10.2 Å². The summed E-state index contributed by atoms with van der Waals surface area (Å²) in [6.45, 7) is 1.56. The summed E-state index contributed by atoms with van der Waals surface area (Å²) in [5.74, 6) is 0. The van der Waals surface area contributed by atoms with Gasteiger partial charge in [0.1, 0.15) is 0 Å². The standard InChI is InChI=1S/C16H16N6O4S/c1-11-3-4-14(22(23)24)8-16(11)27(25,26)20(2)18-9-12-10-19-21-6-5-13(17)7-15(12)21/h3-10H,17H2,1-2H3/b18-9+. The SMILES string of the molecule is Cc1ccc([N+](=O)[O-])cc1S(=O)(=O)N(C)/N=C/c1cnn2ccc(N)cc12. The number of hydrogen-bond acceptors (Lipinski definition) is 7. The predicted octanol–water partition coefficient (Wildman–Crippen LogP) is 1.79. The van der Waals surface area contributed by atoms with Crippen molar-refractivity contribution in [1.82, 2.24) is 14.0 Å². The first-order valence-corrected chi connectivity index (χ1v) is 9.15. The molecule has 0 aliphatic rings. The van der Waals surface area contributed by atoms with Gasteiger partial charge in [0.2, 0.25) is 0 Å². The molecule has 0 aliphatic heterocycles. The number of aromatic nitrogens is 2. The van der Waals surface area contributed by atoms with E-state index in [0.717, 1.165) is 10.5 Å². The highest BCUT2D eigenvalue weighted by molar-refractivity contribution is 7.89. The van der Waals surface area contributed by atoms with Crippen LogP contribution in [0.3, 0.4) is 0 Å². The molecule has 0 radical (unpaired) electrons. The van der Waals surface area contributed by atoms with Gasteiger partial charge in [-0.3, -0.25) is 10.1 Å². The lowest BCUT2D eigenvalue weighted by molar-refractivity contribution is -0.385. The Labute approximate surface area is 154 Å². The maximum atomic E-state index is 12.8. The van der Waals surface area contributed by atoms with Gasteiger partial charge in [0.05, 0.1) is 27.7 Å². The number of nitro benzene ring substituents is 1. The normalized spacial score (nSPS) is 11.9. The minimum absolute atomic E-state index is 0.180. The van der Waals surface area contributed by atoms with Crippen LogP contribution in [0.25, 0.3) is 5.52 Å². The van der Waals surface area contributed by atoms with Crippen LogP contribution in [-0.4, -0.2) is 40.6 Å². The average Bonchev–Trinajstić information content (AvgIpc) is 3.01. The first kappa shape index (κ1) is 18.3. The second-order valence-corrected chi connectivity index (χ2v) is 7.70. The number of sulfonamides is 1. The number of nitro groups is 1. The topological polar surface area (TPSA) is 136 Å². The number of nitrogens with zero attached hydrogens (tertiary/aromatic N) is 5. The summed E-state index contributed by atoms with van der Waals surface area (Å²) < 4.78 is 27.8. The van der Waals surface area contributed by atoms with Crippen LogP contribution in [0.2, 0.25) is 0 Å². The number of pyridine rings is 1. The molecule has 0 atom stereocenters. The maximum absolute atomic E-state index is 12.8. The lowest BCUT2D eigenvalue weighted by Gasteiger charge is -2.15. The fraction of sp³-hybridized carbons (Fsp3) is 0.125. The van der Waals surface area contributed by atoms with Gasteiger partial charge >= 0.3 is 0 Å². The molecule has 2 aromatic heterocycles. The Morgan fingerprint density at radius 1 is 1.33 bits per heavy atom. The molecule has 0 aliphatic carbocycles. The molecule has 0 saturated heterocycles. The zero-order chi connectivity index (χ0) is 19.8. The smallest absolute Gasteiger partial charge is 0.279 e. The largest absolute Gasteiger partial charge is 0.399 e. The molecule has 0 bridgehead atoms. The Kier molecular flexibility index (Phi) is 4.54. The molecule has 3 aromatic rings. The van der Waals surface area contributed by atoms with Crippen molar-refractivity contribution in [3.05, 3.63) is 64.0 Å². The molecule has 140 valence electrons. The molecule has 27 heavy (non-hydrogen) atoms. The van der Waals surface area contributed by atoms with E-state index in [1.807, 2.05) is 0 Å². The van der Waals surface area contributed by atoms with Crippen molar-refractivity contribution in [2.24, 2.45) is 5.10 Å². The summed E-state index contributed by atoms with van der Waals surface area (Å²) in [7, 11) is -2.81. The fourth-order valence-electron chi connectivity index (χ4n) is 2.44. The van der Waals surface area contributed by atoms with E-state index in [9.17, 15) is 18.5 Å². The number of hydrazone groups is 1. The Balaban J connectivity index is 1.96. The first-order chi connectivity index (χ1) is 12.7. The Hall–Kier alpha value is -3.47. The van der Waals surface area contributed by atoms with Gasteiger partial charge in [-0.15, -0.1) is 0 Å². The van der Waals surface area contributed by atoms with Crippen molar-refractivity contribution in [3.63, 3.8) is 0 Å². The van der Waals surface area contributed by atoms with Crippen LogP contribution in [0, 0.1) is 17.0 Å². The number of hydrogen-bond donors (Lipinski definition) is 1. The van der Waals surface area contributed by atoms with E-state index in [1.165, 1.54) is 31.6 Å². The number of rotatable bonds is 5. The summed E-state index contributed by atoms with van der Waals surface area (Å²) in [6, 6.07) is 7.03. The van der Waals surface area contributed by atoms with E-state index in [0.29, 0.717) is 22.3 Å². The van der Waals surface area contributed by atoms with Crippen LogP contribution in [-0.2, 0) is 10.0 Å². The Bertz CT molecular complexity index is 1170. The van der Waals surface area contributed by atoms with E-state index in [1.54, 1.807) is 29.8 Å². The van der Waals surface area contributed by atoms with Crippen LogP contribution in [0.15, 0.2) is 52.7 Å². The van der Waals surface area contributed by atoms with Gasteiger partial charge in [-0.2, -0.15) is 23.0 Å². The molecule has 2 heterocycles. The molecular formula is C16H16N6O4S. The van der Waals surface area contributed by atoms with Gasteiger partial charge in [0, 0.05) is 36.6 Å². The average molecular weight is 388 g/mol. The molecule has 0 spiro atoms. The van der Waals surface area contributed by atoms with Gasteiger partial charge in [0.25, 0.3) is 15.7 Å². The van der Waals surface area contributed by atoms with Gasteiger partial charge in [-0.1, -0.05) is 6.07 Å². The predicted molar refractivity (Wildman–Crippen MR) is 100.0 cm³/mol. The van der Waals surface area contributed by atoms with Crippen LogP contribution in [0.4, 0.5) is 11.4 Å². The van der Waals surface area contributed by atoms with E-state index >= 15 is 0 Å². The molecule has 2 N–H and O–H groups in total. The molecule has 3 rings (SSSR count). The number of aryl methyl sites for hydroxylation is 1. The lowest BCUT2D eigenvalue weighted by Crippen LogP contribution is -2.22. The highest BCUT2D eigenvalue weighted by Crippen LogP contribution is 2.24. The van der Waals surface area contributed by atoms with Crippen molar-refractivity contribution in [3.8, 4) is 0 Å². The summed E-state index contributed by atoms with van der Waals surface area (Å²) in [4.78, 5) is 10.1. The third-order valence-electron chi connectivity index (χ3n) is 3.94. The van der Waals surface area contributed by atoms with Crippen molar-refractivity contribution in [2.45, 2.75) is 11.8 Å². The maximum Gasteiger partial charge on any atom is 0.279 e. The molecule has 11 heteroatoms. The van der Waals surface area contributed by atoms with Gasteiger partial charge in [-0.05, 0) is 24.6 Å². The molecule has 0 amide bonds. The molecule has 0 unspecified atom stereocenters. The molecule has 1 aromatic carbocycles. The van der Waals surface area contributed by atoms with Crippen LogP contribution in [0.5, 0.6) is 0 Å². The minimum atomic E-state index is -4.06. The monoisotopic (exact) mass is 388 g/mol. The minimum Gasteiger partial charge on any atom is -0.399 e. The van der Waals surface area contributed by atoms with E-state index in [-0.39, 0.29) is 10.6 Å². The van der Waals surface area contributed by atoms with E-state index in [4.69, 9.17) is 5.73 Å². The van der Waals surface area contributed by atoms with Crippen LogP contribution >= 0.6 is 0 Å². The molecule has 10 nitrogen and oxygen atoms in total. The molecular weight excluding hydrogens is 372 g/mol. The van der Waals surface area contributed by atoms with Gasteiger partial charge in [-0.25, -0.2) is 4.52 Å². The molecule has 0 fully saturated rings. The summed E-state index contributed by atoms with van der Waals surface area (Å²) in [6.07, 6.45) is 4.54. The number of nitrogen functional groups attached to an aromatic ring is 1. The quantitative estimate of drug-likeness (QED) is 0.402. The molecule has 0 saturated carbocycles. The van der Waals surface area contributed by atoms with E-state index < -0.39 is 14.9 Å². The number of fused-ring (bicyclic) bond motifs is 1. The van der Waals surface area contributed by atoms with Crippen molar-refractivity contribution >= 4 is 33.1 Å². The number of anilines is 1. The summed E-state index contributed by atoms with van der Waals surface area (Å²) in [5, 5.41) is 19.0. The van der Waals surface area contributed by atoms with Crippen LogP contribution < -0.4 is 5.73 Å². The first-order valence-electron chi connectivity index (χ1n) is 7.71. The zero-order valence-corrected chi connectivity index (χ0v) is 15.3. The fourth-order valence-corrected chi connectivity index (χ4v) is 3.64. The number of benzene rings is 1. The third-order valence-corrected chi connectivity index (χ3v) is 5.73. The van der Waals surface area contributed by atoms with Crippen molar-refractivity contribution in [1.29, 1.82) is 0 Å². The summed E-state index contributed by atoms with van der Waals surface area (Å²) >= 11 is 0. The van der Waals surface area contributed by atoms with Gasteiger partial charge < -0.3 is 5.73 Å². The summed E-state index contributed by atoms with van der Waals surface area (Å²) in [5.41, 5.74) is 7.60. The second kappa shape index (κ2) is 6.68. The zero-order valence-electron chi connectivity index (χ0n) is 14.5. The van der Waals surface area contributed by atoms with Gasteiger partial charge in [0.15, 0.2) is 0 Å². The Morgan fingerprint density at radius 3 is 2.78 bits per heavy atom. The van der Waals surface area contributed by atoms with Crippen molar-refractivity contribution < 1.29 is 13.3 Å². The van der Waals surface area contributed by atoms with Crippen LogP contribution in [0.1, 0.15) is 11.1 Å². The van der Waals surface area contributed by atoms with Crippen molar-refractivity contribution in [2.75, 3.05) is 12.8 Å². The Morgan fingerprint density at radius 2 is 2.07 bits per heavy atom. The number of non-ortho nitro benzene ring substituents is 1. The third kappa shape index (κ3) is 3.44.